The summed E-state index contributed by atoms with van der Waals surface area (Å²) in [6, 6.07) is 13.1. The molecule has 0 saturated carbocycles. The van der Waals surface area contributed by atoms with Crippen LogP contribution in [0.3, 0.4) is 0 Å². The average molecular weight is 414 g/mol. The number of hydrogen-bond donors (Lipinski definition) is 2. The molecule has 1 heterocycles. The van der Waals surface area contributed by atoms with Gasteiger partial charge in [0.2, 0.25) is 5.91 Å². The van der Waals surface area contributed by atoms with Crippen LogP contribution in [0, 0.1) is 5.82 Å². The van der Waals surface area contributed by atoms with E-state index in [1.807, 2.05) is 31.2 Å². The number of carbonyl (C=O) groups excluding carboxylic acids is 2. The highest BCUT2D eigenvalue weighted by atomic mass is 19.1. The Balaban J connectivity index is 1.55. The molecule has 2 N–H and O–H groups in total. The maximum Gasteiger partial charge on any atom is 0.329 e. The van der Waals surface area contributed by atoms with Gasteiger partial charge >= 0.3 is 5.69 Å². The molecular weight excluding hydrogens is 391 g/mol. The Hall–Kier alpha value is -3.62. The van der Waals surface area contributed by atoms with Crippen molar-refractivity contribution in [3.63, 3.8) is 0 Å². The molecule has 0 aliphatic heterocycles. The minimum absolute atomic E-state index is 0.0134. The number of benzene rings is 2. The van der Waals surface area contributed by atoms with Crippen molar-refractivity contribution in [3.05, 3.63) is 64.8 Å². The van der Waals surface area contributed by atoms with E-state index in [0.717, 1.165) is 11.0 Å². The van der Waals surface area contributed by atoms with E-state index in [4.69, 9.17) is 4.74 Å². The lowest BCUT2D eigenvalue weighted by Crippen LogP contribution is -2.47. The Morgan fingerprint density at radius 3 is 2.33 bits per heavy atom. The molecular formula is C21H23FN4O4. The summed E-state index contributed by atoms with van der Waals surface area (Å²) >= 11 is 0. The molecule has 0 aliphatic rings. The van der Waals surface area contributed by atoms with Gasteiger partial charge in [0.1, 0.15) is 0 Å². The molecule has 30 heavy (non-hydrogen) atoms. The summed E-state index contributed by atoms with van der Waals surface area (Å²) in [5.41, 5.74) is 5.89. The summed E-state index contributed by atoms with van der Waals surface area (Å²) in [5, 5.41) is 0. The molecule has 1 atom stereocenters. The summed E-state index contributed by atoms with van der Waals surface area (Å²) in [4.78, 5) is 36.8. The van der Waals surface area contributed by atoms with E-state index >= 15 is 0 Å². The van der Waals surface area contributed by atoms with Crippen molar-refractivity contribution in [2.75, 3.05) is 0 Å². The topological polar surface area (TPSA) is 94.4 Å². The molecule has 1 unspecified atom stereocenters. The molecule has 158 valence electrons. The van der Waals surface area contributed by atoms with Crippen molar-refractivity contribution in [3.8, 4) is 5.75 Å². The third kappa shape index (κ3) is 4.51. The number of hydrazine groups is 1. The van der Waals surface area contributed by atoms with E-state index in [9.17, 15) is 18.8 Å². The van der Waals surface area contributed by atoms with Crippen LogP contribution in [-0.4, -0.2) is 27.1 Å². The lowest BCUT2D eigenvalue weighted by atomic mass is 10.3. The van der Waals surface area contributed by atoms with Crippen LogP contribution in [-0.2, 0) is 22.7 Å². The Kier molecular flexibility index (Phi) is 6.51. The number of aromatic nitrogens is 2. The minimum Gasteiger partial charge on any atom is -0.478 e. The van der Waals surface area contributed by atoms with E-state index < -0.39 is 23.7 Å². The Morgan fingerprint density at radius 2 is 1.67 bits per heavy atom. The number of halogens is 1. The summed E-state index contributed by atoms with van der Waals surface area (Å²) in [5.74, 6) is -1.75. The van der Waals surface area contributed by atoms with E-state index in [1.165, 1.54) is 29.7 Å². The van der Waals surface area contributed by atoms with Crippen molar-refractivity contribution >= 4 is 22.8 Å². The van der Waals surface area contributed by atoms with Gasteiger partial charge in [0.25, 0.3) is 5.91 Å². The number of rotatable bonds is 7. The van der Waals surface area contributed by atoms with Gasteiger partial charge in [0.05, 0.1) is 11.0 Å². The number of fused-ring (bicyclic) bond motifs is 1. The monoisotopic (exact) mass is 414 g/mol. The molecule has 3 rings (SSSR count). The number of imidazole rings is 1. The number of nitrogens with zero attached hydrogens (tertiary/aromatic N) is 2. The van der Waals surface area contributed by atoms with Crippen LogP contribution in [0.4, 0.5) is 4.39 Å². The molecule has 2 amide bonds. The fourth-order valence-electron chi connectivity index (χ4n) is 3.09. The number of hydrogen-bond acceptors (Lipinski definition) is 4. The molecule has 0 saturated heterocycles. The van der Waals surface area contributed by atoms with Gasteiger partial charge in [0.15, 0.2) is 17.7 Å². The molecule has 0 radical (unpaired) electrons. The van der Waals surface area contributed by atoms with Crippen LogP contribution in [0.2, 0.25) is 0 Å². The number of amides is 2. The van der Waals surface area contributed by atoms with Crippen molar-refractivity contribution in [1.29, 1.82) is 0 Å². The molecule has 8 nitrogen and oxygen atoms in total. The fraction of sp³-hybridized carbons (Fsp3) is 0.286. The van der Waals surface area contributed by atoms with E-state index in [0.29, 0.717) is 6.54 Å². The van der Waals surface area contributed by atoms with E-state index in [-0.39, 0.29) is 24.4 Å². The van der Waals surface area contributed by atoms with Gasteiger partial charge in [-0.25, -0.2) is 9.18 Å². The van der Waals surface area contributed by atoms with Gasteiger partial charge in [0, 0.05) is 19.5 Å². The van der Waals surface area contributed by atoms with Gasteiger partial charge in [-0.1, -0.05) is 24.3 Å². The maximum absolute atomic E-state index is 13.6. The molecule has 1 aromatic heterocycles. The number of carbonyl (C=O) groups is 2. The van der Waals surface area contributed by atoms with Crippen LogP contribution in [0.1, 0.15) is 20.3 Å². The number of aryl methyl sites for hydroxylation is 2. The highest BCUT2D eigenvalue weighted by molar-refractivity contribution is 5.84. The number of ether oxygens (including phenoxy) is 1. The van der Waals surface area contributed by atoms with Crippen molar-refractivity contribution in [2.24, 2.45) is 0 Å². The second-order valence-electron chi connectivity index (χ2n) is 6.65. The quantitative estimate of drug-likeness (QED) is 0.578. The number of nitrogens with one attached hydrogen (secondary N) is 2. The van der Waals surface area contributed by atoms with Gasteiger partial charge in [-0.15, -0.1) is 0 Å². The van der Waals surface area contributed by atoms with Crippen molar-refractivity contribution in [1.82, 2.24) is 20.0 Å². The third-order valence-electron chi connectivity index (χ3n) is 4.64. The van der Waals surface area contributed by atoms with Gasteiger partial charge in [-0.05, 0) is 38.1 Å². The van der Waals surface area contributed by atoms with Crippen molar-refractivity contribution < 1.29 is 18.7 Å². The smallest absolute Gasteiger partial charge is 0.329 e. The first-order valence-corrected chi connectivity index (χ1v) is 9.60. The normalized spacial score (nSPS) is 11.8. The van der Waals surface area contributed by atoms with Crippen molar-refractivity contribution in [2.45, 2.75) is 39.5 Å². The first kappa shape index (κ1) is 21.1. The largest absolute Gasteiger partial charge is 0.478 e. The fourth-order valence-corrected chi connectivity index (χ4v) is 3.09. The summed E-state index contributed by atoms with van der Waals surface area (Å²) < 4.78 is 22.0. The minimum atomic E-state index is -1.02. The lowest BCUT2D eigenvalue weighted by Gasteiger charge is -2.15. The molecule has 0 bridgehead atoms. The van der Waals surface area contributed by atoms with Crippen LogP contribution < -0.4 is 21.3 Å². The van der Waals surface area contributed by atoms with E-state index in [2.05, 4.69) is 10.9 Å². The van der Waals surface area contributed by atoms with Gasteiger partial charge in [-0.3, -0.25) is 29.6 Å². The van der Waals surface area contributed by atoms with E-state index in [1.54, 1.807) is 10.6 Å². The summed E-state index contributed by atoms with van der Waals surface area (Å²) in [6.45, 7) is 4.00. The Labute approximate surface area is 172 Å². The van der Waals surface area contributed by atoms with Crippen LogP contribution >= 0.6 is 0 Å². The predicted octanol–water partition coefficient (Wildman–Crippen LogP) is 1.97. The molecule has 0 fully saturated rings. The Bertz CT molecular complexity index is 1120. The molecule has 0 aliphatic carbocycles. The molecule has 9 heteroatoms. The molecule has 0 spiro atoms. The zero-order valence-corrected chi connectivity index (χ0v) is 16.7. The Morgan fingerprint density at radius 1 is 1.03 bits per heavy atom. The lowest BCUT2D eigenvalue weighted by molar-refractivity contribution is -0.132. The van der Waals surface area contributed by atoms with Crippen LogP contribution in [0.15, 0.2) is 53.3 Å². The number of para-hydroxylation sites is 3. The highest BCUT2D eigenvalue weighted by Crippen LogP contribution is 2.17. The zero-order chi connectivity index (χ0) is 21.7. The second kappa shape index (κ2) is 9.25. The highest BCUT2D eigenvalue weighted by Gasteiger charge is 2.17. The molecule has 3 aromatic rings. The van der Waals surface area contributed by atoms with Crippen LogP contribution in [0.5, 0.6) is 5.75 Å². The van der Waals surface area contributed by atoms with Gasteiger partial charge < -0.3 is 4.74 Å². The first-order chi connectivity index (χ1) is 14.4. The van der Waals surface area contributed by atoms with Gasteiger partial charge in [-0.2, -0.15) is 0 Å². The second-order valence-corrected chi connectivity index (χ2v) is 6.65. The molecule has 2 aromatic carbocycles. The SMILES string of the molecule is CCn1c(=O)n(CCC(=O)NNC(=O)C(C)Oc2ccccc2F)c2ccccc21. The maximum atomic E-state index is 13.6. The zero-order valence-electron chi connectivity index (χ0n) is 16.7. The predicted molar refractivity (Wildman–Crippen MR) is 109 cm³/mol. The summed E-state index contributed by atoms with van der Waals surface area (Å²) in [6.07, 6.45) is -1.03. The average Bonchev–Trinajstić information content (AvgIpc) is 3.02. The summed E-state index contributed by atoms with van der Waals surface area (Å²) in [7, 11) is 0. The first-order valence-electron chi connectivity index (χ1n) is 9.60. The third-order valence-corrected chi connectivity index (χ3v) is 4.64. The standard InChI is InChI=1S/C21H23FN4O4/c1-3-25-16-9-5-6-10-17(16)26(21(25)29)13-12-19(27)23-24-20(28)14(2)30-18-11-7-4-8-15(18)22/h4-11,14H,3,12-13H2,1-2H3,(H,23,27)(H,24,28). The van der Waals surface area contributed by atoms with Crippen LogP contribution in [0.25, 0.3) is 11.0 Å².